The van der Waals surface area contributed by atoms with Crippen LogP contribution in [-0.2, 0) is 4.79 Å². The summed E-state index contributed by atoms with van der Waals surface area (Å²) in [7, 11) is 0. The van der Waals surface area contributed by atoms with E-state index in [4.69, 9.17) is 23.2 Å². The van der Waals surface area contributed by atoms with Crippen molar-refractivity contribution >= 4 is 34.6 Å². The average molecular weight is 283 g/mol. The lowest BCUT2D eigenvalue weighted by molar-refractivity contribution is -0.117. The molecule has 4 heteroatoms. The van der Waals surface area contributed by atoms with E-state index in [1.807, 2.05) is 0 Å². The van der Waals surface area contributed by atoms with Crippen LogP contribution < -0.4 is 0 Å². The molecule has 1 fully saturated rings. The minimum Gasteiger partial charge on any atom is -0.511 e. The molecule has 94 valence electrons. The summed E-state index contributed by atoms with van der Waals surface area (Å²) in [5.74, 6) is 0.0645. The van der Waals surface area contributed by atoms with E-state index in [0.29, 0.717) is 21.2 Å². The molecule has 1 saturated carbocycles. The molecule has 3 rings (SSSR count). The van der Waals surface area contributed by atoms with Crippen LogP contribution in [0.25, 0.3) is 5.57 Å². The van der Waals surface area contributed by atoms with E-state index < -0.39 is 0 Å². The van der Waals surface area contributed by atoms with Crippen LogP contribution in [-0.4, -0.2) is 10.9 Å². The molecule has 2 atom stereocenters. The van der Waals surface area contributed by atoms with Crippen molar-refractivity contribution in [3.05, 3.63) is 39.6 Å². The van der Waals surface area contributed by atoms with Gasteiger partial charge in [-0.25, -0.2) is 0 Å². The number of ketones is 1. The Hall–Kier alpha value is -0.990. The van der Waals surface area contributed by atoms with Crippen molar-refractivity contribution in [2.24, 2.45) is 11.8 Å². The SMILES string of the molecule is O=C1C(c2c(Cl)cccc2Cl)=C(O)C2CCCC12. The summed E-state index contributed by atoms with van der Waals surface area (Å²) in [6, 6.07) is 5.10. The molecule has 2 aliphatic carbocycles. The Morgan fingerprint density at radius 3 is 2.33 bits per heavy atom. The minimum atomic E-state index is -0.0765. The normalized spacial score (nSPS) is 26.9. The molecule has 18 heavy (non-hydrogen) atoms. The zero-order valence-corrected chi connectivity index (χ0v) is 11.1. The molecule has 0 heterocycles. The Bertz CT molecular complexity index is 543. The zero-order chi connectivity index (χ0) is 12.9. The number of hydrogen-bond donors (Lipinski definition) is 1. The third kappa shape index (κ3) is 1.59. The summed E-state index contributed by atoms with van der Waals surface area (Å²) in [6.45, 7) is 0. The van der Waals surface area contributed by atoms with Crippen molar-refractivity contribution in [1.82, 2.24) is 0 Å². The van der Waals surface area contributed by atoms with Gasteiger partial charge in [-0.05, 0) is 25.0 Å². The fraction of sp³-hybridized carbons (Fsp3) is 0.357. The van der Waals surface area contributed by atoms with Crippen LogP contribution in [0.1, 0.15) is 24.8 Å². The summed E-state index contributed by atoms with van der Waals surface area (Å²) in [6.07, 6.45) is 2.71. The fourth-order valence-corrected chi connectivity index (χ4v) is 3.67. The number of aliphatic hydroxyl groups is 1. The van der Waals surface area contributed by atoms with Gasteiger partial charge < -0.3 is 5.11 Å². The number of allylic oxidation sites excluding steroid dienone is 2. The number of carbonyl (C=O) groups is 1. The average Bonchev–Trinajstić information content (AvgIpc) is 2.88. The number of rotatable bonds is 1. The van der Waals surface area contributed by atoms with E-state index in [0.717, 1.165) is 19.3 Å². The minimum absolute atomic E-state index is 0.00926. The number of benzene rings is 1. The quantitative estimate of drug-likeness (QED) is 0.836. The molecular formula is C14H12Cl2O2. The van der Waals surface area contributed by atoms with Crippen LogP contribution in [0, 0.1) is 11.8 Å². The van der Waals surface area contributed by atoms with Gasteiger partial charge in [0.25, 0.3) is 0 Å². The second-order valence-corrected chi connectivity index (χ2v) is 5.68. The Labute approximate surface area is 115 Å². The largest absolute Gasteiger partial charge is 0.511 e. The summed E-state index contributed by atoms with van der Waals surface area (Å²) < 4.78 is 0. The van der Waals surface area contributed by atoms with Crippen LogP contribution in [0.2, 0.25) is 10.0 Å². The topological polar surface area (TPSA) is 37.3 Å². The molecule has 0 aromatic heterocycles. The van der Waals surface area contributed by atoms with Crippen molar-refractivity contribution in [2.75, 3.05) is 0 Å². The molecule has 1 N–H and O–H groups in total. The third-order valence-electron chi connectivity index (χ3n) is 3.92. The summed E-state index contributed by atoms with van der Waals surface area (Å²) in [4.78, 5) is 12.4. The van der Waals surface area contributed by atoms with Gasteiger partial charge >= 0.3 is 0 Å². The lowest BCUT2D eigenvalue weighted by Crippen LogP contribution is -2.11. The van der Waals surface area contributed by atoms with Crippen molar-refractivity contribution < 1.29 is 9.90 Å². The number of Topliss-reactive ketones (excluding diaryl/α,β-unsaturated/α-hetero) is 1. The number of fused-ring (bicyclic) bond motifs is 1. The van der Waals surface area contributed by atoms with Gasteiger partial charge in [0.05, 0.1) is 15.6 Å². The van der Waals surface area contributed by atoms with Gasteiger partial charge in [-0.1, -0.05) is 35.7 Å². The Morgan fingerprint density at radius 1 is 1.11 bits per heavy atom. The molecule has 1 aromatic carbocycles. The highest BCUT2D eigenvalue weighted by molar-refractivity contribution is 6.41. The highest BCUT2D eigenvalue weighted by atomic mass is 35.5. The Balaban J connectivity index is 2.17. The third-order valence-corrected chi connectivity index (χ3v) is 4.55. The molecule has 0 aliphatic heterocycles. The highest BCUT2D eigenvalue weighted by Gasteiger charge is 2.45. The molecule has 0 amide bonds. The summed E-state index contributed by atoms with van der Waals surface area (Å²) in [5, 5.41) is 11.1. The second kappa shape index (κ2) is 4.29. The summed E-state index contributed by atoms with van der Waals surface area (Å²) in [5.41, 5.74) is 0.818. The predicted molar refractivity (Wildman–Crippen MR) is 71.8 cm³/mol. The molecule has 1 aromatic rings. The van der Waals surface area contributed by atoms with E-state index in [9.17, 15) is 9.90 Å². The standard InChI is InChI=1S/C14H12Cl2O2/c15-9-5-2-6-10(16)11(9)12-13(17)7-3-1-4-8(7)14(12)18/h2,5-8,17H,1,3-4H2. The van der Waals surface area contributed by atoms with E-state index in [2.05, 4.69) is 0 Å². The first-order chi connectivity index (χ1) is 8.61. The Morgan fingerprint density at radius 2 is 1.72 bits per heavy atom. The molecular weight excluding hydrogens is 271 g/mol. The van der Waals surface area contributed by atoms with Crippen LogP contribution >= 0.6 is 23.2 Å². The van der Waals surface area contributed by atoms with Gasteiger partial charge in [-0.2, -0.15) is 0 Å². The zero-order valence-electron chi connectivity index (χ0n) is 9.62. The molecule has 2 nitrogen and oxygen atoms in total. The molecule has 2 aliphatic rings. The Kier molecular flexibility index (Phi) is 2.87. The number of aliphatic hydroxyl groups excluding tert-OH is 1. The van der Waals surface area contributed by atoms with E-state index >= 15 is 0 Å². The number of carbonyl (C=O) groups excluding carboxylic acids is 1. The monoisotopic (exact) mass is 282 g/mol. The number of hydrogen-bond acceptors (Lipinski definition) is 2. The highest BCUT2D eigenvalue weighted by Crippen LogP contribution is 2.49. The van der Waals surface area contributed by atoms with Gasteiger partial charge in [-0.3, -0.25) is 4.79 Å². The predicted octanol–water partition coefficient (Wildman–Crippen LogP) is 4.26. The molecule has 0 bridgehead atoms. The lowest BCUT2D eigenvalue weighted by Gasteiger charge is -2.09. The van der Waals surface area contributed by atoms with Crippen molar-refractivity contribution in [2.45, 2.75) is 19.3 Å². The lowest BCUT2D eigenvalue weighted by atomic mass is 9.96. The van der Waals surface area contributed by atoms with Crippen LogP contribution in [0.15, 0.2) is 24.0 Å². The van der Waals surface area contributed by atoms with Crippen LogP contribution in [0.5, 0.6) is 0 Å². The number of halogens is 2. The van der Waals surface area contributed by atoms with Crippen LogP contribution in [0.4, 0.5) is 0 Å². The van der Waals surface area contributed by atoms with Crippen molar-refractivity contribution in [1.29, 1.82) is 0 Å². The first kappa shape index (κ1) is 12.1. The van der Waals surface area contributed by atoms with Gasteiger partial charge in [0.1, 0.15) is 5.76 Å². The smallest absolute Gasteiger partial charge is 0.170 e. The molecule has 0 saturated heterocycles. The maximum atomic E-state index is 12.4. The maximum Gasteiger partial charge on any atom is 0.170 e. The van der Waals surface area contributed by atoms with E-state index in [1.165, 1.54) is 0 Å². The first-order valence-electron chi connectivity index (χ1n) is 6.03. The van der Waals surface area contributed by atoms with E-state index in [-0.39, 0.29) is 23.4 Å². The van der Waals surface area contributed by atoms with Gasteiger partial charge in [-0.15, -0.1) is 0 Å². The van der Waals surface area contributed by atoms with Crippen molar-refractivity contribution in [3.63, 3.8) is 0 Å². The molecule has 0 radical (unpaired) electrons. The van der Waals surface area contributed by atoms with E-state index in [1.54, 1.807) is 18.2 Å². The van der Waals surface area contributed by atoms with Crippen LogP contribution in [0.3, 0.4) is 0 Å². The second-order valence-electron chi connectivity index (χ2n) is 4.87. The van der Waals surface area contributed by atoms with Gasteiger partial charge in [0.15, 0.2) is 5.78 Å². The summed E-state index contributed by atoms with van der Waals surface area (Å²) >= 11 is 12.2. The first-order valence-corrected chi connectivity index (χ1v) is 6.78. The molecule has 2 unspecified atom stereocenters. The fourth-order valence-electron chi connectivity index (χ4n) is 3.09. The van der Waals surface area contributed by atoms with Gasteiger partial charge in [0.2, 0.25) is 0 Å². The van der Waals surface area contributed by atoms with Crippen molar-refractivity contribution in [3.8, 4) is 0 Å². The maximum absolute atomic E-state index is 12.4. The van der Waals surface area contributed by atoms with Gasteiger partial charge in [0, 0.05) is 17.4 Å². The molecule has 0 spiro atoms.